The van der Waals surface area contributed by atoms with Crippen molar-refractivity contribution in [3.8, 4) is 0 Å². The number of unbranched alkanes of at least 4 members (excludes halogenated alkanes) is 1. The van der Waals surface area contributed by atoms with E-state index in [0.29, 0.717) is 11.6 Å². The topological polar surface area (TPSA) is 94.3 Å². The molecule has 0 bridgehead atoms. The summed E-state index contributed by atoms with van der Waals surface area (Å²) in [6.45, 7) is 2.04. The number of nitrogens with zero attached hydrogens (tertiary/aromatic N) is 1. The van der Waals surface area contributed by atoms with Crippen LogP contribution in [0.15, 0.2) is 4.99 Å². The number of aliphatic hydroxyl groups excluding tert-OH is 3. The van der Waals surface area contributed by atoms with Crippen LogP contribution in [0.5, 0.6) is 0 Å². The van der Waals surface area contributed by atoms with E-state index < -0.39 is 24.4 Å². The molecule has 0 amide bonds. The van der Waals surface area contributed by atoms with E-state index >= 15 is 0 Å². The lowest BCUT2D eigenvalue weighted by atomic mass is 9.92. The average molecular weight is 290 g/mol. The number of ether oxygens (including phenoxy) is 1. The maximum absolute atomic E-state index is 10.1. The average Bonchev–Trinajstić information content (AvgIpc) is 2.83. The van der Waals surface area contributed by atoms with Crippen molar-refractivity contribution >= 4 is 16.9 Å². The molecule has 4 N–H and O–H groups in total. The first kappa shape index (κ1) is 15.1. The van der Waals surface area contributed by atoms with E-state index in [-0.39, 0.29) is 11.5 Å². The predicted molar refractivity (Wildman–Crippen MR) is 74.1 cm³/mol. The minimum Gasteiger partial charge on any atom is -0.390 e. The largest absolute Gasteiger partial charge is 0.390 e. The Hall–Kier alpha value is -0.340. The molecular weight excluding hydrogens is 268 g/mol. The second-order valence-corrected chi connectivity index (χ2v) is 6.06. The van der Waals surface area contributed by atoms with Gasteiger partial charge < -0.3 is 25.4 Å². The first-order valence-electron chi connectivity index (χ1n) is 6.68. The molecule has 2 rings (SSSR count). The van der Waals surface area contributed by atoms with Gasteiger partial charge in [-0.1, -0.05) is 31.5 Å². The fraction of sp³-hybridized carbons (Fsp3) is 0.917. The van der Waals surface area contributed by atoms with Gasteiger partial charge in [-0.2, -0.15) is 0 Å². The Kier molecular flexibility index (Phi) is 5.08. The molecule has 19 heavy (non-hydrogen) atoms. The Balaban J connectivity index is 2.04. The van der Waals surface area contributed by atoms with E-state index in [1.165, 1.54) is 11.8 Å². The van der Waals surface area contributed by atoms with Gasteiger partial charge in [0.25, 0.3) is 0 Å². The molecular formula is C12H22N2O4S. The summed E-state index contributed by atoms with van der Waals surface area (Å²) >= 11 is 1.38. The Morgan fingerprint density at radius 2 is 2.16 bits per heavy atom. The lowest BCUT2D eigenvalue weighted by molar-refractivity contribution is -0.188. The summed E-state index contributed by atoms with van der Waals surface area (Å²) in [4.78, 5) is 4.02. The van der Waals surface area contributed by atoms with Gasteiger partial charge in [0.15, 0.2) is 5.17 Å². The van der Waals surface area contributed by atoms with Gasteiger partial charge in [0.2, 0.25) is 0 Å². The van der Waals surface area contributed by atoms with Crippen molar-refractivity contribution in [1.82, 2.24) is 5.32 Å². The number of fused-ring (bicyclic) bond motifs is 1. The van der Waals surface area contributed by atoms with Crippen LogP contribution in [0.1, 0.15) is 26.2 Å². The molecule has 0 aromatic carbocycles. The fourth-order valence-corrected chi connectivity index (χ4v) is 3.53. The molecule has 2 fully saturated rings. The van der Waals surface area contributed by atoms with Gasteiger partial charge in [0, 0.05) is 7.05 Å². The Labute approximate surface area is 117 Å². The van der Waals surface area contributed by atoms with E-state index in [9.17, 15) is 15.3 Å². The third-order valence-corrected chi connectivity index (χ3v) is 4.75. The van der Waals surface area contributed by atoms with Gasteiger partial charge in [-0.05, 0) is 6.42 Å². The smallest absolute Gasteiger partial charge is 0.159 e. The fourth-order valence-electron chi connectivity index (χ4n) is 2.44. The molecule has 2 aliphatic rings. The molecule has 1 unspecified atom stereocenters. The summed E-state index contributed by atoms with van der Waals surface area (Å²) in [6.07, 6.45) is -1.15. The number of aliphatic imine (C=N–C) groups is 1. The molecule has 0 radical (unpaired) electrons. The van der Waals surface area contributed by atoms with Crippen LogP contribution in [0.4, 0.5) is 0 Å². The maximum atomic E-state index is 10.1. The number of nitrogens with one attached hydrogen (secondary N) is 1. The van der Waals surface area contributed by atoms with Crippen LogP contribution in [0.25, 0.3) is 0 Å². The van der Waals surface area contributed by atoms with E-state index in [1.54, 1.807) is 7.05 Å². The number of hydrogen-bond acceptors (Lipinski definition) is 6. The minimum atomic E-state index is -1.09. The van der Waals surface area contributed by atoms with Crippen LogP contribution >= 0.6 is 11.8 Å². The predicted octanol–water partition coefficient (Wildman–Crippen LogP) is -0.325. The molecule has 6 atom stereocenters. The zero-order valence-corrected chi connectivity index (χ0v) is 12.0. The zero-order valence-electron chi connectivity index (χ0n) is 11.2. The summed E-state index contributed by atoms with van der Waals surface area (Å²) in [5, 5.41) is 34.0. The van der Waals surface area contributed by atoms with Crippen molar-refractivity contribution in [1.29, 1.82) is 0 Å². The quantitative estimate of drug-likeness (QED) is 0.567. The van der Waals surface area contributed by atoms with Crippen LogP contribution in [0.2, 0.25) is 0 Å². The van der Waals surface area contributed by atoms with Crippen LogP contribution in [0, 0.1) is 0 Å². The van der Waals surface area contributed by atoms with Gasteiger partial charge in [0.1, 0.15) is 23.7 Å². The highest BCUT2D eigenvalue weighted by atomic mass is 32.2. The summed E-state index contributed by atoms with van der Waals surface area (Å²) in [5.74, 6) is 0. The molecule has 0 aliphatic carbocycles. The molecule has 6 nitrogen and oxygen atoms in total. The summed E-state index contributed by atoms with van der Waals surface area (Å²) in [6, 6.07) is -0.381. The Morgan fingerprint density at radius 1 is 1.42 bits per heavy atom. The summed E-state index contributed by atoms with van der Waals surface area (Å²) in [7, 11) is 1.66. The highest BCUT2D eigenvalue weighted by Gasteiger charge is 2.50. The second-order valence-electron chi connectivity index (χ2n) is 4.98. The highest BCUT2D eigenvalue weighted by molar-refractivity contribution is 8.14. The van der Waals surface area contributed by atoms with Crippen LogP contribution < -0.4 is 5.32 Å². The third-order valence-electron chi connectivity index (χ3n) is 3.59. The van der Waals surface area contributed by atoms with Gasteiger partial charge in [-0.25, -0.2) is 0 Å². The molecule has 2 heterocycles. The van der Waals surface area contributed by atoms with Gasteiger partial charge in [0.05, 0.1) is 12.1 Å². The second kappa shape index (κ2) is 6.41. The van der Waals surface area contributed by atoms with E-state index in [1.807, 2.05) is 6.92 Å². The van der Waals surface area contributed by atoms with Crippen molar-refractivity contribution in [2.24, 2.45) is 4.99 Å². The Bertz CT molecular complexity index is 342. The van der Waals surface area contributed by atoms with Crippen LogP contribution in [0.3, 0.4) is 0 Å². The number of thioether (sulfide) groups is 1. The first-order valence-corrected chi connectivity index (χ1v) is 7.56. The van der Waals surface area contributed by atoms with Crippen molar-refractivity contribution in [2.75, 3.05) is 7.05 Å². The molecule has 0 aromatic heterocycles. The number of hydrogen-bond donors (Lipinski definition) is 4. The molecule has 110 valence electrons. The molecule has 0 spiro atoms. The van der Waals surface area contributed by atoms with Crippen molar-refractivity contribution in [2.45, 2.75) is 62.1 Å². The summed E-state index contributed by atoms with van der Waals surface area (Å²) < 4.78 is 5.74. The van der Waals surface area contributed by atoms with Gasteiger partial charge in [-0.15, -0.1) is 0 Å². The monoisotopic (exact) mass is 290 g/mol. The summed E-state index contributed by atoms with van der Waals surface area (Å²) in [5.41, 5.74) is -0.321. The molecule has 2 aliphatic heterocycles. The Morgan fingerprint density at radius 3 is 2.79 bits per heavy atom. The van der Waals surface area contributed by atoms with Crippen molar-refractivity contribution < 1.29 is 20.1 Å². The zero-order chi connectivity index (χ0) is 14.0. The third kappa shape index (κ3) is 3.05. The van der Waals surface area contributed by atoms with Crippen molar-refractivity contribution in [3.63, 3.8) is 0 Å². The molecule has 7 heteroatoms. The molecule has 2 saturated heterocycles. The SMILES string of the molecule is CCCC[C@H](O)C1O[C@@H]2SC(=NC)N[C@@H]2[C@@H](O)[C@@H]1O. The van der Waals surface area contributed by atoms with E-state index in [4.69, 9.17) is 4.74 Å². The van der Waals surface area contributed by atoms with Crippen LogP contribution in [-0.2, 0) is 4.74 Å². The normalized spacial score (nSPS) is 41.9. The lowest BCUT2D eigenvalue weighted by Crippen LogP contribution is -2.61. The lowest BCUT2D eigenvalue weighted by Gasteiger charge is -2.40. The van der Waals surface area contributed by atoms with Crippen LogP contribution in [-0.4, -0.2) is 63.4 Å². The first-order chi connectivity index (χ1) is 9.08. The molecule has 0 aromatic rings. The van der Waals surface area contributed by atoms with Gasteiger partial charge >= 0.3 is 0 Å². The molecule has 0 saturated carbocycles. The number of amidine groups is 1. The number of rotatable bonds is 4. The minimum absolute atomic E-state index is 0.321. The van der Waals surface area contributed by atoms with E-state index in [0.717, 1.165) is 12.8 Å². The van der Waals surface area contributed by atoms with Gasteiger partial charge in [-0.3, -0.25) is 4.99 Å². The number of aliphatic hydroxyl groups is 3. The highest BCUT2D eigenvalue weighted by Crippen LogP contribution is 2.35. The van der Waals surface area contributed by atoms with E-state index in [2.05, 4.69) is 10.3 Å². The maximum Gasteiger partial charge on any atom is 0.159 e. The van der Waals surface area contributed by atoms with Crippen molar-refractivity contribution in [3.05, 3.63) is 0 Å². The standard InChI is InChI=1S/C12H22N2O4S/c1-3-4-5-6(15)10-9(17)8(16)7-11(18-10)19-12(13-2)14-7/h6-11,15-17H,3-5H2,1-2H3,(H,13,14)/t6-,7+,8+,9-,10?,11+/m0/s1.